The van der Waals surface area contributed by atoms with Gasteiger partial charge >= 0.3 is 24.0 Å². The molecule has 0 aliphatic heterocycles. The van der Waals surface area contributed by atoms with Crippen LogP contribution in [0.25, 0.3) is 0 Å². The fourth-order valence-electron chi connectivity index (χ4n) is 2.29. The number of carboxylic acid groups (broad SMARTS) is 2. The van der Waals surface area contributed by atoms with Crippen molar-refractivity contribution >= 4 is 52.3 Å². The van der Waals surface area contributed by atoms with Crippen LogP contribution < -0.4 is 21.3 Å². The maximum Gasteiger partial charge on any atom is 0.326 e. The van der Waals surface area contributed by atoms with Crippen LogP contribution in [0.4, 0.5) is 15.3 Å². The van der Waals surface area contributed by atoms with Crippen molar-refractivity contribution in [2.45, 2.75) is 38.1 Å². The summed E-state index contributed by atoms with van der Waals surface area (Å²) in [5, 5.41) is 27.9. The molecule has 0 spiro atoms. The van der Waals surface area contributed by atoms with E-state index in [-0.39, 0.29) is 31.8 Å². The number of urea groups is 2. The lowest BCUT2D eigenvalue weighted by molar-refractivity contribution is -0.139. The van der Waals surface area contributed by atoms with Crippen molar-refractivity contribution < 1.29 is 29.4 Å². The minimum absolute atomic E-state index is 0.0766. The van der Waals surface area contributed by atoms with Crippen LogP contribution in [0, 0.1) is 3.57 Å². The standard InChI is InChI=1S/C18H25IN4O6/c19-12-6-8-13(9-7-12)22-17(28)20-10-2-1-4-14(16(26)27)23-18(29)21-11-3-5-15(24)25/h6-9,14H,1-5,10-11H2,(H,24,25)(H,26,27)(H2,20,22,28)(H2,21,23,29)/t14-/m0/s1/i19+4. The van der Waals surface area contributed by atoms with Gasteiger partial charge in [0.2, 0.25) is 0 Å². The van der Waals surface area contributed by atoms with Gasteiger partial charge in [0.15, 0.2) is 0 Å². The average molecular weight is 524 g/mol. The van der Waals surface area contributed by atoms with E-state index in [1.165, 1.54) is 0 Å². The first kappa shape index (κ1) is 24.5. The van der Waals surface area contributed by atoms with Gasteiger partial charge in [-0.1, -0.05) is 0 Å². The molecule has 0 bridgehead atoms. The number of anilines is 1. The third kappa shape index (κ3) is 11.8. The summed E-state index contributed by atoms with van der Waals surface area (Å²) >= 11 is 2.17. The lowest BCUT2D eigenvalue weighted by Gasteiger charge is -2.15. The van der Waals surface area contributed by atoms with E-state index >= 15 is 0 Å². The Hall–Kier alpha value is -2.57. The number of hydrogen-bond acceptors (Lipinski definition) is 4. The molecule has 1 aromatic rings. The van der Waals surface area contributed by atoms with Crippen molar-refractivity contribution in [2.75, 3.05) is 18.4 Å². The number of aliphatic carboxylic acids is 2. The molecule has 1 atom stereocenters. The molecule has 0 aliphatic carbocycles. The fourth-order valence-corrected chi connectivity index (χ4v) is 2.65. The van der Waals surface area contributed by atoms with E-state index in [0.29, 0.717) is 25.1 Å². The van der Waals surface area contributed by atoms with Gasteiger partial charge in [0.05, 0.1) is 0 Å². The summed E-state index contributed by atoms with van der Waals surface area (Å²) in [5.41, 5.74) is 0.674. The summed E-state index contributed by atoms with van der Waals surface area (Å²) in [5.74, 6) is -2.12. The zero-order valence-electron chi connectivity index (χ0n) is 15.7. The van der Waals surface area contributed by atoms with Crippen LogP contribution in [0.2, 0.25) is 0 Å². The van der Waals surface area contributed by atoms with Gasteiger partial charge in [-0.2, -0.15) is 0 Å². The van der Waals surface area contributed by atoms with Gasteiger partial charge in [0.25, 0.3) is 0 Å². The number of unbranched alkanes of at least 4 members (excludes halogenated alkanes) is 1. The number of carbonyl (C=O) groups is 4. The summed E-state index contributed by atoms with van der Waals surface area (Å²) in [6.45, 7) is 0.508. The summed E-state index contributed by atoms with van der Waals surface area (Å²) < 4.78 is 1.06. The number of rotatable bonds is 12. The minimum atomic E-state index is -1.16. The van der Waals surface area contributed by atoms with Gasteiger partial charge in [-0.05, 0) is 72.5 Å². The van der Waals surface area contributed by atoms with Crippen LogP contribution in [-0.2, 0) is 9.59 Å². The Bertz CT molecular complexity index is 698. The summed E-state index contributed by atoms with van der Waals surface area (Å²) in [6.07, 6.45) is 1.42. The topological polar surface area (TPSA) is 157 Å². The number of carboxylic acids is 2. The number of amides is 4. The smallest absolute Gasteiger partial charge is 0.326 e. The quantitative estimate of drug-likeness (QED) is 0.182. The van der Waals surface area contributed by atoms with Crippen LogP contribution in [0.3, 0.4) is 0 Å². The SMILES string of the molecule is O=C(O)CCCNC(=O)N[C@@H](CCCCNC(=O)Nc1ccc([131I])cc1)C(=O)O. The highest BCUT2D eigenvalue weighted by Gasteiger charge is 2.19. The molecule has 0 fully saturated rings. The van der Waals surface area contributed by atoms with E-state index in [1.807, 2.05) is 12.1 Å². The average Bonchev–Trinajstić information content (AvgIpc) is 2.65. The van der Waals surface area contributed by atoms with Crippen LogP contribution in [0.15, 0.2) is 24.3 Å². The number of carbonyl (C=O) groups excluding carboxylic acids is 2. The number of nitrogens with one attached hydrogen (secondary N) is 4. The normalized spacial score (nSPS) is 11.2. The molecule has 4 amide bonds. The molecule has 0 saturated carbocycles. The molecule has 1 aromatic carbocycles. The molecule has 11 heteroatoms. The molecule has 29 heavy (non-hydrogen) atoms. The third-order valence-corrected chi connectivity index (χ3v) is 4.48. The second kappa shape index (κ2) is 13.6. The third-order valence-electron chi connectivity index (χ3n) is 3.76. The molecular weight excluding hydrogens is 499 g/mol. The second-order valence-electron chi connectivity index (χ2n) is 6.17. The lowest BCUT2D eigenvalue weighted by atomic mass is 10.1. The molecule has 0 unspecified atom stereocenters. The fraction of sp³-hybridized carbons (Fsp3) is 0.444. The predicted octanol–water partition coefficient (Wildman–Crippen LogP) is 2.20. The summed E-state index contributed by atoms with van der Waals surface area (Å²) in [4.78, 5) is 45.1. The Morgan fingerprint density at radius 1 is 0.897 bits per heavy atom. The van der Waals surface area contributed by atoms with E-state index in [9.17, 15) is 24.3 Å². The molecule has 1 rings (SSSR count). The monoisotopic (exact) mass is 524 g/mol. The Morgan fingerprint density at radius 2 is 1.52 bits per heavy atom. The van der Waals surface area contributed by atoms with Gasteiger partial charge in [-0.3, -0.25) is 4.79 Å². The Labute approximate surface area is 182 Å². The maximum atomic E-state index is 11.8. The van der Waals surface area contributed by atoms with Gasteiger partial charge < -0.3 is 31.5 Å². The molecule has 0 saturated heterocycles. The zero-order chi connectivity index (χ0) is 21.6. The molecule has 0 heterocycles. The highest BCUT2D eigenvalue weighted by Crippen LogP contribution is 2.10. The first-order valence-electron chi connectivity index (χ1n) is 9.07. The van der Waals surface area contributed by atoms with E-state index in [4.69, 9.17) is 5.11 Å². The van der Waals surface area contributed by atoms with Gasteiger partial charge in [0, 0.05) is 28.8 Å². The van der Waals surface area contributed by atoms with Crippen LogP contribution in [-0.4, -0.2) is 53.3 Å². The van der Waals surface area contributed by atoms with Gasteiger partial charge in [-0.25, -0.2) is 14.4 Å². The van der Waals surface area contributed by atoms with Crippen molar-refractivity contribution in [2.24, 2.45) is 0 Å². The highest BCUT2D eigenvalue weighted by atomic mass is 131. The molecule has 0 aliphatic rings. The lowest BCUT2D eigenvalue weighted by Crippen LogP contribution is -2.46. The molecule has 0 radical (unpaired) electrons. The molecule has 10 nitrogen and oxygen atoms in total. The van der Waals surface area contributed by atoms with Gasteiger partial charge in [-0.15, -0.1) is 0 Å². The van der Waals surface area contributed by atoms with E-state index in [1.54, 1.807) is 12.1 Å². The molecule has 0 aromatic heterocycles. The van der Waals surface area contributed by atoms with Crippen molar-refractivity contribution in [1.82, 2.24) is 16.0 Å². The summed E-state index contributed by atoms with van der Waals surface area (Å²) in [7, 11) is 0. The molecular formula is C18H25IN4O6. The van der Waals surface area contributed by atoms with Crippen LogP contribution in [0.1, 0.15) is 32.1 Å². The Balaban J connectivity index is 2.21. The molecule has 160 valence electrons. The minimum Gasteiger partial charge on any atom is -0.481 e. The first-order valence-corrected chi connectivity index (χ1v) is 10.1. The van der Waals surface area contributed by atoms with E-state index < -0.39 is 24.0 Å². The maximum absolute atomic E-state index is 11.8. The van der Waals surface area contributed by atoms with Gasteiger partial charge in [0.1, 0.15) is 6.04 Å². The Morgan fingerprint density at radius 3 is 2.14 bits per heavy atom. The number of benzene rings is 1. The predicted molar refractivity (Wildman–Crippen MR) is 115 cm³/mol. The van der Waals surface area contributed by atoms with Crippen molar-refractivity contribution in [1.29, 1.82) is 0 Å². The van der Waals surface area contributed by atoms with Crippen molar-refractivity contribution in [3.63, 3.8) is 0 Å². The summed E-state index contributed by atoms with van der Waals surface area (Å²) in [6, 6.07) is 5.26. The number of hydrogen-bond donors (Lipinski definition) is 6. The second-order valence-corrected chi connectivity index (χ2v) is 7.42. The largest absolute Gasteiger partial charge is 0.481 e. The van der Waals surface area contributed by atoms with Crippen molar-refractivity contribution in [3.05, 3.63) is 27.8 Å². The van der Waals surface area contributed by atoms with E-state index in [2.05, 4.69) is 43.9 Å². The van der Waals surface area contributed by atoms with Crippen molar-refractivity contribution in [3.8, 4) is 0 Å². The molecule has 6 N–H and O–H groups in total. The van der Waals surface area contributed by atoms with Crippen LogP contribution in [0.5, 0.6) is 0 Å². The van der Waals surface area contributed by atoms with E-state index in [0.717, 1.165) is 3.57 Å². The first-order chi connectivity index (χ1) is 13.8. The van der Waals surface area contributed by atoms with Crippen LogP contribution >= 0.6 is 22.6 Å². The zero-order valence-corrected chi connectivity index (χ0v) is 17.9. The number of halogens is 1. The highest BCUT2D eigenvalue weighted by molar-refractivity contribution is 14.1. The Kier molecular flexibility index (Phi) is 11.5.